The number of imidazole rings is 1. The van der Waals surface area contributed by atoms with Crippen LogP contribution in [0.3, 0.4) is 0 Å². The molecule has 0 spiro atoms. The minimum absolute atomic E-state index is 0.0549. The van der Waals surface area contributed by atoms with E-state index in [1.807, 2.05) is 18.2 Å². The Bertz CT molecular complexity index is 563. The van der Waals surface area contributed by atoms with Gasteiger partial charge in [0, 0.05) is 6.20 Å². The van der Waals surface area contributed by atoms with Crippen molar-refractivity contribution in [2.45, 2.75) is 26.3 Å². The Labute approximate surface area is 112 Å². The smallest absolute Gasteiger partial charge is 0.270 e. The third-order valence-electron chi connectivity index (χ3n) is 2.96. The van der Waals surface area contributed by atoms with Crippen molar-refractivity contribution in [1.82, 2.24) is 14.7 Å². The first-order valence-electron chi connectivity index (χ1n) is 6.45. The number of nitrogens with one attached hydrogen (secondary N) is 1. The summed E-state index contributed by atoms with van der Waals surface area (Å²) in [6.07, 6.45) is 4.10. The highest BCUT2D eigenvalue weighted by atomic mass is 16.3. The fourth-order valence-electron chi connectivity index (χ4n) is 2.11. The Hall–Kier alpha value is -1.88. The highest BCUT2D eigenvalue weighted by Gasteiger charge is 2.17. The van der Waals surface area contributed by atoms with E-state index in [2.05, 4.69) is 24.1 Å². The molecule has 102 valence electrons. The molecule has 0 bridgehead atoms. The van der Waals surface area contributed by atoms with Crippen LogP contribution in [0.25, 0.3) is 5.65 Å². The molecule has 5 heteroatoms. The minimum atomic E-state index is -0.221. The molecule has 0 radical (unpaired) electrons. The summed E-state index contributed by atoms with van der Waals surface area (Å²) in [7, 11) is 0. The Morgan fingerprint density at radius 2 is 2.26 bits per heavy atom. The second-order valence-electron chi connectivity index (χ2n) is 5.05. The first kappa shape index (κ1) is 13.5. The van der Waals surface area contributed by atoms with Gasteiger partial charge < -0.3 is 10.4 Å². The monoisotopic (exact) mass is 261 g/mol. The van der Waals surface area contributed by atoms with E-state index in [0.29, 0.717) is 11.6 Å². The molecule has 1 atom stereocenters. The zero-order valence-corrected chi connectivity index (χ0v) is 11.2. The van der Waals surface area contributed by atoms with E-state index < -0.39 is 0 Å². The lowest BCUT2D eigenvalue weighted by Crippen LogP contribution is -2.38. The van der Waals surface area contributed by atoms with Gasteiger partial charge in [-0.2, -0.15) is 0 Å². The number of hydrogen-bond donors (Lipinski definition) is 2. The molecule has 19 heavy (non-hydrogen) atoms. The van der Waals surface area contributed by atoms with Crippen LogP contribution in [-0.4, -0.2) is 33.0 Å². The van der Waals surface area contributed by atoms with E-state index in [9.17, 15) is 9.90 Å². The van der Waals surface area contributed by atoms with Crippen LogP contribution in [0.15, 0.2) is 30.6 Å². The summed E-state index contributed by atoms with van der Waals surface area (Å²) in [6, 6.07) is 5.35. The van der Waals surface area contributed by atoms with Gasteiger partial charge in [0.1, 0.15) is 11.3 Å². The minimum Gasteiger partial charge on any atom is -0.394 e. The summed E-state index contributed by atoms with van der Waals surface area (Å²) in [5.74, 6) is 0.207. The third-order valence-corrected chi connectivity index (χ3v) is 2.96. The predicted molar refractivity (Wildman–Crippen MR) is 73.0 cm³/mol. The number of aromatic nitrogens is 2. The molecule has 2 heterocycles. The van der Waals surface area contributed by atoms with Gasteiger partial charge in [0.05, 0.1) is 18.8 Å². The van der Waals surface area contributed by atoms with Gasteiger partial charge >= 0.3 is 0 Å². The number of amides is 1. The van der Waals surface area contributed by atoms with E-state index >= 15 is 0 Å². The second kappa shape index (κ2) is 5.84. The van der Waals surface area contributed by atoms with Crippen molar-refractivity contribution in [1.29, 1.82) is 0 Å². The van der Waals surface area contributed by atoms with Gasteiger partial charge in [-0.1, -0.05) is 19.9 Å². The van der Waals surface area contributed by atoms with Crippen molar-refractivity contribution in [3.63, 3.8) is 0 Å². The van der Waals surface area contributed by atoms with Gasteiger partial charge in [-0.05, 0) is 24.5 Å². The summed E-state index contributed by atoms with van der Waals surface area (Å²) < 4.78 is 1.74. The molecule has 1 amide bonds. The SMILES string of the molecule is CC(C)C[C@@H](CO)NC(=O)c1cnc2ccccn12. The molecular weight excluding hydrogens is 242 g/mol. The van der Waals surface area contributed by atoms with Gasteiger partial charge in [-0.25, -0.2) is 4.98 Å². The van der Waals surface area contributed by atoms with E-state index in [4.69, 9.17) is 0 Å². The maximum atomic E-state index is 12.2. The van der Waals surface area contributed by atoms with Gasteiger partial charge in [0.2, 0.25) is 0 Å². The van der Waals surface area contributed by atoms with E-state index in [1.54, 1.807) is 16.8 Å². The molecule has 0 aliphatic rings. The molecule has 2 N–H and O–H groups in total. The fraction of sp³-hybridized carbons (Fsp3) is 0.429. The summed E-state index contributed by atoms with van der Waals surface area (Å²) >= 11 is 0. The average Bonchev–Trinajstić information content (AvgIpc) is 2.81. The lowest BCUT2D eigenvalue weighted by molar-refractivity contribution is 0.0902. The Kier molecular flexibility index (Phi) is 4.16. The summed E-state index contributed by atoms with van der Waals surface area (Å²) in [6.45, 7) is 4.06. The predicted octanol–water partition coefficient (Wildman–Crippen LogP) is 1.47. The van der Waals surface area contributed by atoms with Crippen molar-refractivity contribution in [2.24, 2.45) is 5.92 Å². The van der Waals surface area contributed by atoms with Crippen molar-refractivity contribution in [3.8, 4) is 0 Å². The molecule has 0 unspecified atom stereocenters. The first-order chi connectivity index (χ1) is 9.11. The topological polar surface area (TPSA) is 66.6 Å². The van der Waals surface area contributed by atoms with Crippen molar-refractivity contribution in [2.75, 3.05) is 6.61 Å². The molecule has 0 aliphatic carbocycles. The zero-order chi connectivity index (χ0) is 13.8. The molecular formula is C14H19N3O2. The van der Waals surface area contributed by atoms with Gasteiger partial charge in [-0.3, -0.25) is 9.20 Å². The molecule has 0 aliphatic heterocycles. The van der Waals surface area contributed by atoms with Crippen LogP contribution in [-0.2, 0) is 0 Å². The Balaban J connectivity index is 2.15. The van der Waals surface area contributed by atoms with E-state index in [-0.39, 0.29) is 18.6 Å². The van der Waals surface area contributed by atoms with Crippen LogP contribution >= 0.6 is 0 Å². The number of nitrogens with zero attached hydrogens (tertiary/aromatic N) is 2. The quantitative estimate of drug-likeness (QED) is 0.856. The number of fused-ring (bicyclic) bond motifs is 1. The number of aliphatic hydroxyl groups is 1. The maximum absolute atomic E-state index is 12.2. The normalized spacial score (nSPS) is 12.8. The fourth-order valence-corrected chi connectivity index (χ4v) is 2.11. The molecule has 0 saturated carbocycles. The largest absolute Gasteiger partial charge is 0.394 e. The molecule has 0 fully saturated rings. The number of pyridine rings is 1. The number of rotatable bonds is 5. The summed E-state index contributed by atoms with van der Waals surface area (Å²) in [5, 5.41) is 12.1. The molecule has 2 rings (SSSR count). The summed E-state index contributed by atoms with van der Waals surface area (Å²) in [4.78, 5) is 16.4. The van der Waals surface area contributed by atoms with Crippen molar-refractivity contribution >= 4 is 11.6 Å². The standard InChI is InChI=1S/C14H19N3O2/c1-10(2)7-11(9-18)16-14(19)12-8-15-13-5-3-4-6-17(12)13/h3-6,8,10-11,18H,7,9H2,1-2H3,(H,16,19)/t11-/m0/s1. The van der Waals surface area contributed by atoms with E-state index in [0.717, 1.165) is 12.1 Å². The van der Waals surface area contributed by atoms with Gasteiger partial charge in [0.15, 0.2) is 0 Å². The maximum Gasteiger partial charge on any atom is 0.270 e. The van der Waals surface area contributed by atoms with Crippen LogP contribution in [0, 0.1) is 5.92 Å². The highest BCUT2D eigenvalue weighted by molar-refractivity contribution is 5.93. The molecule has 2 aromatic heterocycles. The van der Waals surface area contributed by atoms with Crippen molar-refractivity contribution < 1.29 is 9.90 Å². The Morgan fingerprint density at radius 1 is 1.47 bits per heavy atom. The van der Waals surface area contributed by atoms with Crippen LogP contribution in [0.4, 0.5) is 0 Å². The van der Waals surface area contributed by atoms with Crippen LogP contribution in [0.1, 0.15) is 30.8 Å². The lowest BCUT2D eigenvalue weighted by Gasteiger charge is -2.17. The van der Waals surface area contributed by atoms with Gasteiger partial charge in [0.25, 0.3) is 5.91 Å². The van der Waals surface area contributed by atoms with E-state index in [1.165, 1.54) is 0 Å². The third kappa shape index (κ3) is 3.12. The molecule has 0 aromatic carbocycles. The molecule has 2 aromatic rings. The first-order valence-corrected chi connectivity index (χ1v) is 6.45. The number of carbonyl (C=O) groups is 1. The molecule has 0 saturated heterocycles. The summed E-state index contributed by atoms with van der Waals surface area (Å²) in [5.41, 5.74) is 1.22. The second-order valence-corrected chi connectivity index (χ2v) is 5.05. The van der Waals surface area contributed by atoms with Crippen LogP contribution in [0.5, 0.6) is 0 Å². The average molecular weight is 261 g/mol. The Morgan fingerprint density at radius 3 is 2.95 bits per heavy atom. The highest BCUT2D eigenvalue weighted by Crippen LogP contribution is 2.08. The zero-order valence-electron chi connectivity index (χ0n) is 11.2. The number of carbonyl (C=O) groups excluding carboxylic acids is 1. The van der Waals surface area contributed by atoms with Gasteiger partial charge in [-0.15, -0.1) is 0 Å². The number of aliphatic hydroxyl groups excluding tert-OH is 1. The van der Waals surface area contributed by atoms with Crippen LogP contribution in [0.2, 0.25) is 0 Å². The van der Waals surface area contributed by atoms with Crippen molar-refractivity contribution in [3.05, 3.63) is 36.3 Å². The number of hydrogen-bond acceptors (Lipinski definition) is 3. The lowest BCUT2D eigenvalue weighted by atomic mass is 10.0. The molecule has 5 nitrogen and oxygen atoms in total. The van der Waals surface area contributed by atoms with Crippen LogP contribution < -0.4 is 5.32 Å².